The van der Waals surface area contributed by atoms with Gasteiger partial charge >= 0.3 is 5.97 Å². The SMILES string of the molecule is C=C(NC(C)=O)[C@@]1(OC(C)=O)CC[C@H]2[C@@H]3CC=C4CC(CC)CC[C@]4(C)[C@H]3CC[C@@]21C. The van der Waals surface area contributed by atoms with E-state index in [2.05, 4.69) is 38.7 Å². The first-order valence-corrected chi connectivity index (χ1v) is 12.4. The number of carbonyl (C=O) groups is 2. The van der Waals surface area contributed by atoms with Crippen LogP contribution >= 0.6 is 0 Å². The van der Waals surface area contributed by atoms with Crippen LogP contribution in [0.25, 0.3) is 0 Å². The fourth-order valence-corrected chi connectivity index (χ4v) is 8.37. The maximum absolute atomic E-state index is 12.2. The molecule has 4 nitrogen and oxygen atoms in total. The number of carbonyl (C=O) groups excluding carboxylic acids is 2. The van der Waals surface area contributed by atoms with Gasteiger partial charge in [-0.3, -0.25) is 9.59 Å². The van der Waals surface area contributed by atoms with Gasteiger partial charge < -0.3 is 10.1 Å². The van der Waals surface area contributed by atoms with Crippen molar-refractivity contribution in [3.8, 4) is 0 Å². The molecular weight excluding hydrogens is 386 g/mol. The summed E-state index contributed by atoms with van der Waals surface area (Å²) in [6.45, 7) is 14.4. The summed E-state index contributed by atoms with van der Waals surface area (Å²) in [6, 6.07) is 0. The Balaban J connectivity index is 1.68. The quantitative estimate of drug-likeness (QED) is 0.447. The summed E-state index contributed by atoms with van der Waals surface area (Å²) >= 11 is 0. The van der Waals surface area contributed by atoms with Crippen LogP contribution in [0.1, 0.15) is 92.4 Å². The molecule has 0 spiro atoms. The maximum Gasteiger partial charge on any atom is 0.303 e. The van der Waals surface area contributed by atoms with E-state index in [1.807, 2.05) is 0 Å². The van der Waals surface area contributed by atoms with Crippen molar-refractivity contribution in [2.45, 2.75) is 98.0 Å². The normalized spacial score (nSPS) is 43.7. The van der Waals surface area contributed by atoms with Crippen LogP contribution in [0.2, 0.25) is 0 Å². The summed E-state index contributed by atoms with van der Waals surface area (Å²) in [4.78, 5) is 24.1. The molecule has 0 radical (unpaired) electrons. The first-order valence-electron chi connectivity index (χ1n) is 12.4. The van der Waals surface area contributed by atoms with E-state index in [9.17, 15) is 9.59 Å². The first kappa shape index (κ1) is 22.6. The molecule has 0 bridgehead atoms. The minimum Gasteiger partial charge on any atom is -0.452 e. The Morgan fingerprint density at radius 1 is 1.13 bits per heavy atom. The Bertz CT molecular complexity index is 815. The molecule has 1 unspecified atom stereocenters. The Morgan fingerprint density at radius 3 is 2.48 bits per heavy atom. The van der Waals surface area contributed by atoms with Crippen molar-refractivity contribution in [2.75, 3.05) is 0 Å². The third kappa shape index (κ3) is 3.31. The molecule has 0 aromatic heterocycles. The summed E-state index contributed by atoms with van der Waals surface area (Å²) in [6.07, 6.45) is 12.9. The lowest BCUT2D eigenvalue weighted by Gasteiger charge is -2.59. The van der Waals surface area contributed by atoms with Crippen LogP contribution in [0, 0.1) is 34.5 Å². The minimum atomic E-state index is -0.801. The van der Waals surface area contributed by atoms with Crippen LogP contribution < -0.4 is 5.32 Å². The van der Waals surface area contributed by atoms with Crippen molar-refractivity contribution in [1.29, 1.82) is 0 Å². The van der Waals surface area contributed by atoms with Crippen molar-refractivity contribution in [3.63, 3.8) is 0 Å². The Labute approximate surface area is 188 Å². The summed E-state index contributed by atoms with van der Waals surface area (Å²) < 4.78 is 6.11. The molecule has 0 aliphatic heterocycles. The molecule has 0 saturated heterocycles. The van der Waals surface area contributed by atoms with Crippen molar-refractivity contribution in [2.24, 2.45) is 34.5 Å². The van der Waals surface area contributed by atoms with Gasteiger partial charge in [0.15, 0.2) is 5.60 Å². The predicted octanol–water partition coefficient (Wildman–Crippen LogP) is 5.93. The van der Waals surface area contributed by atoms with Crippen LogP contribution in [-0.2, 0) is 14.3 Å². The highest BCUT2D eigenvalue weighted by molar-refractivity contribution is 5.76. The topological polar surface area (TPSA) is 55.4 Å². The second-order valence-electron chi connectivity index (χ2n) is 11.4. The zero-order chi connectivity index (χ0) is 22.6. The van der Waals surface area contributed by atoms with Gasteiger partial charge in [0, 0.05) is 19.3 Å². The molecule has 4 aliphatic rings. The smallest absolute Gasteiger partial charge is 0.303 e. The van der Waals surface area contributed by atoms with Gasteiger partial charge in [0.1, 0.15) is 0 Å². The fourth-order valence-electron chi connectivity index (χ4n) is 8.37. The molecule has 172 valence electrons. The van der Waals surface area contributed by atoms with Gasteiger partial charge in [0.05, 0.1) is 5.70 Å². The van der Waals surface area contributed by atoms with Crippen LogP contribution in [0.15, 0.2) is 23.9 Å². The van der Waals surface area contributed by atoms with Gasteiger partial charge in [-0.1, -0.05) is 45.4 Å². The largest absolute Gasteiger partial charge is 0.452 e. The average Bonchev–Trinajstić information content (AvgIpc) is 2.99. The zero-order valence-electron chi connectivity index (χ0n) is 20.2. The van der Waals surface area contributed by atoms with E-state index >= 15 is 0 Å². The molecule has 0 aromatic carbocycles. The van der Waals surface area contributed by atoms with Gasteiger partial charge in [-0.05, 0) is 80.5 Å². The van der Waals surface area contributed by atoms with E-state index in [1.54, 1.807) is 5.57 Å². The van der Waals surface area contributed by atoms with Crippen molar-refractivity contribution >= 4 is 11.9 Å². The van der Waals surface area contributed by atoms with E-state index in [-0.39, 0.29) is 17.3 Å². The molecule has 4 heteroatoms. The number of hydrogen-bond donors (Lipinski definition) is 1. The molecule has 31 heavy (non-hydrogen) atoms. The standard InChI is InChI=1S/C27H41NO3/c1-7-20-10-13-25(5)21(16-20)8-9-22-23(25)11-14-26(6)24(22)12-15-27(26,31-19(4)30)17(2)28-18(3)29/h8,20,22-24H,2,7,9-16H2,1,3-6H3,(H,28,29)/t20?,22-,23+,24+,25+,26+,27+/m1/s1. The first-order chi connectivity index (χ1) is 14.6. The summed E-state index contributed by atoms with van der Waals surface area (Å²) in [5.41, 5.74) is 1.63. The number of amides is 1. The molecular formula is C27H41NO3. The number of rotatable bonds is 4. The van der Waals surface area contributed by atoms with Crippen molar-refractivity contribution < 1.29 is 14.3 Å². The van der Waals surface area contributed by atoms with Crippen molar-refractivity contribution in [3.05, 3.63) is 23.9 Å². The summed E-state index contributed by atoms with van der Waals surface area (Å²) in [7, 11) is 0. The fraction of sp³-hybridized carbons (Fsp3) is 0.778. The maximum atomic E-state index is 12.2. The van der Waals surface area contributed by atoms with Crippen LogP contribution in [0.4, 0.5) is 0 Å². The molecule has 3 fully saturated rings. The molecule has 4 rings (SSSR count). The van der Waals surface area contributed by atoms with E-state index in [1.165, 1.54) is 46.0 Å². The minimum absolute atomic E-state index is 0.150. The highest BCUT2D eigenvalue weighted by atomic mass is 16.6. The molecule has 0 aromatic rings. The number of ether oxygens (including phenoxy) is 1. The number of esters is 1. The lowest BCUT2D eigenvalue weighted by molar-refractivity contribution is -0.174. The Kier molecular flexibility index (Phi) is 5.67. The molecule has 1 N–H and O–H groups in total. The molecule has 4 aliphatic carbocycles. The monoisotopic (exact) mass is 427 g/mol. The second kappa shape index (κ2) is 7.78. The van der Waals surface area contributed by atoms with Crippen molar-refractivity contribution in [1.82, 2.24) is 5.32 Å². The van der Waals surface area contributed by atoms with Gasteiger partial charge in [-0.25, -0.2) is 0 Å². The van der Waals surface area contributed by atoms with Gasteiger partial charge in [-0.15, -0.1) is 0 Å². The average molecular weight is 428 g/mol. The van der Waals surface area contributed by atoms with E-state index in [0.29, 0.717) is 28.9 Å². The third-order valence-corrected chi connectivity index (χ3v) is 10.0. The lowest BCUT2D eigenvalue weighted by Crippen LogP contribution is -2.58. The van der Waals surface area contributed by atoms with Gasteiger partial charge in [-0.2, -0.15) is 0 Å². The predicted molar refractivity (Wildman–Crippen MR) is 123 cm³/mol. The van der Waals surface area contributed by atoms with Crippen LogP contribution in [0.3, 0.4) is 0 Å². The highest BCUT2D eigenvalue weighted by Crippen LogP contribution is 2.69. The Morgan fingerprint density at radius 2 is 1.84 bits per heavy atom. The summed E-state index contributed by atoms with van der Waals surface area (Å²) in [5, 5.41) is 2.90. The highest BCUT2D eigenvalue weighted by Gasteiger charge is 2.66. The van der Waals surface area contributed by atoms with Gasteiger partial charge in [0.2, 0.25) is 5.91 Å². The van der Waals surface area contributed by atoms with E-state index in [4.69, 9.17) is 4.74 Å². The lowest BCUT2D eigenvalue weighted by atomic mass is 9.46. The zero-order valence-corrected chi connectivity index (χ0v) is 20.2. The number of hydrogen-bond acceptors (Lipinski definition) is 3. The summed E-state index contributed by atoms with van der Waals surface area (Å²) in [5.74, 6) is 2.23. The number of allylic oxidation sites excluding steroid dienone is 2. The van der Waals surface area contributed by atoms with Crippen LogP contribution in [0.5, 0.6) is 0 Å². The number of fused-ring (bicyclic) bond motifs is 5. The molecule has 7 atom stereocenters. The molecule has 0 heterocycles. The van der Waals surface area contributed by atoms with Crippen LogP contribution in [-0.4, -0.2) is 17.5 Å². The third-order valence-electron chi connectivity index (χ3n) is 10.0. The van der Waals surface area contributed by atoms with Gasteiger partial charge in [0.25, 0.3) is 0 Å². The number of nitrogens with one attached hydrogen (secondary N) is 1. The second-order valence-corrected chi connectivity index (χ2v) is 11.4. The van der Waals surface area contributed by atoms with E-state index in [0.717, 1.165) is 31.6 Å². The molecule has 1 amide bonds. The molecule has 3 saturated carbocycles. The Hall–Kier alpha value is -1.58. The van der Waals surface area contributed by atoms with E-state index < -0.39 is 5.60 Å².